The van der Waals surface area contributed by atoms with E-state index in [2.05, 4.69) is 36.6 Å². The molecule has 0 aromatic heterocycles. The summed E-state index contributed by atoms with van der Waals surface area (Å²) in [5.74, 6) is 0. The molecule has 1 aliphatic heterocycles. The molecule has 150 valence electrons. The molecule has 8 heteroatoms. The van der Waals surface area contributed by atoms with E-state index < -0.39 is 10.1 Å². The maximum Gasteiger partial charge on any atom is 0.294 e. The molecule has 1 atom stereocenters. The van der Waals surface area contributed by atoms with Gasteiger partial charge in [-0.3, -0.25) is 4.55 Å². The summed E-state index contributed by atoms with van der Waals surface area (Å²) in [6.07, 6.45) is 0.324. The van der Waals surface area contributed by atoms with Crippen molar-refractivity contribution < 1.29 is 13.0 Å². The van der Waals surface area contributed by atoms with Crippen LogP contribution in [0, 0.1) is 18.3 Å². The van der Waals surface area contributed by atoms with Crippen LogP contribution in [-0.4, -0.2) is 32.2 Å². The molecule has 0 aliphatic carbocycles. The lowest BCUT2D eigenvalue weighted by molar-refractivity contribution is 0.483. The summed E-state index contributed by atoms with van der Waals surface area (Å²) in [6.45, 7) is 10.1. The Morgan fingerprint density at radius 3 is 2.04 bits per heavy atom. The largest absolute Gasteiger partial charge is 0.350 e. The van der Waals surface area contributed by atoms with Crippen molar-refractivity contribution in [1.29, 1.82) is 5.26 Å². The van der Waals surface area contributed by atoms with Gasteiger partial charge in [0, 0.05) is 13.1 Å². The Balaban J connectivity index is 0.000000221. The van der Waals surface area contributed by atoms with Crippen molar-refractivity contribution in [3.8, 4) is 6.07 Å². The Labute approximate surface area is 171 Å². The molecule has 1 unspecified atom stereocenters. The Morgan fingerprint density at radius 2 is 1.61 bits per heavy atom. The molecule has 1 heterocycles. The Bertz CT molecular complexity index is 985. The van der Waals surface area contributed by atoms with Crippen LogP contribution in [0.4, 0.5) is 11.4 Å². The van der Waals surface area contributed by atoms with Crippen LogP contribution in [0.25, 0.3) is 0 Å². The average Bonchev–Trinajstić information content (AvgIpc) is 2.90. The molecule has 2 aromatic rings. The second-order valence-corrected chi connectivity index (χ2v) is 8.25. The first-order valence-corrected chi connectivity index (χ1v) is 10.8. The van der Waals surface area contributed by atoms with E-state index in [4.69, 9.17) is 21.4 Å². The molecule has 0 radical (unpaired) electrons. The van der Waals surface area contributed by atoms with Gasteiger partial charge in [-0.2, -0.15) is 13.7 Å². The lowest BCUT2D eigenvalue weighted by atomic mass is 10.2. The molecule has 28 heavy (non-hydrogen) atoms. The Morgan fingerprint density at radius 1 is 1.11 bits per heavy atom. The fourth-order valence-corrected chi connectivity index (χ4v) is 3.93. The van der Waals surface area contributed by atoms with Gasteiger partial charge < -0.3 is 9.80 Å². The summed E-state index contributed by atoms with van der Waals surface area (Å²) in [5, 5.41) is 9.57. The van der Waals surface area contributed by atoms with E-state index in [0.717, 1.165) is 30.0 Å². The zero-order valence-electron chi connectivity index (χ0n) is 16.3. The average molecular weight is 422 g/mol. The minimum Gasteiger partial charge on any atom is -0.350 e. The number of halogens is 1. The number of hydrogen-bond acceptors (Lipinski definition) is 5. The Kier molecular flexibility index (Phi) is 6.94. The highest BCUT2D eigenvalue weighted by Gasteiger charge is 2.31. The van der Waals surface area contributed by atoms with Crippen molar-refractivity contribution in [3.63, 3.8) is 0 Å². The van der Waals surface area contributed by atoms with E-state index >= 15 is 0 Å². The molecule has 3 rings (SSSR count). The number of anilines is 2. The van der Waals surface area contributed by atoms with E-state index in [1.54, 1.807) is 12.1 Å². The zero-order chi connectivity index (χ0) is 21.1. The van der Waals surface area contributed by atoms with E-state index in [0.29, 0.717) is 16.8 Å². The number of benzene rings is 2. The number of aryl methyl sites for hydroxylation is 1. The van der Waals surface area contributed by atoms with E-state index in [-0.39, 0.29) is 4.90 Å². The smallest absolute Gasteiger partial charge is 0.294 e. The molecule has 0 bridgehead atoms. The van der Waals surface area contributed by atoms with E-state index in [1.165, 1.54) is 12.1 Å². The van der Waals surface area contributed by atoms with Gasteiger partial charge in [-0.15, -0.1) is 0 Å². The van der Waals surface area contributed by atoms with Crippen LogP contribution in [0.1, 0.15) is 31.9 Å². The van der Waals surface area contributed by atoms with Crippen molar-refractivity contribution in [3.05, 3.63) is 52.5 Å². The van der Waals surface area contributed by atoms with E-state index in [1.807, 2.05) is 19.1 Å². The fourth-order valence-electron chi connectivity index (χ4n) is 3.25. The first kappa shape index (κ1) is 22.0. The van der Waals surface area contributed by atoms with Crippen molar-refractivity contribution in [1.82, 2.24) is 0 Å². The van der Waals surface area contributed by atoms with Crippen molar-refractivity contribution in [2.24, 2.45) is 0 Å². The third kappa shape index (κ3) is 4.58. The van der Waals surface area contributed by atoms with Gasteiger partial charge in [0.25, 0.3) is 10.1 Å². The van der Waals surface area contributed by atoms with Gasteiger partial charge in [0.15, 0.2) is 0 Å². The van der Waals surface area contributed by atoms with Crippen LogP contribution in [0.5, 0.6) is 0 Å². The summed E-state index contributed by atoms with van der Waals surface area (Å²) in [4.78, 5) is 4.52. The molecule has 2 aromatic carbocycles. The fraction of sp³-hybridized carbons (Fsp3) is 0.350. The second kappa shape index (κ2) is 8.82. The van der Waals surface area contributed by atoms with Crippen LogP contribution in [-0.2, 0) is 10.1 Å². The number of rotatable bonds is 3. The minimum absolute atomic E-state index is 0.0666. The zero-order valence-corrected chi connectivity index (χ0v) is 17.9. The monoisotopic (exact) mass is 421 g/mol. The van der Waals surface area contributed by atoms with Gasteiger partial charge >= 0.3 is 0 Å². The predicted molar refractivity (Wildman–Crippen MR) is 113 cm³/mol. The lowest BCUT2D eigenvalue weighted by Crippen LogP contribution is -2.40. The molecular weight excluding hydrogens is 398 g/mol. The van der Waals surface area contributed by atoms with Crippen LogP contribution in [0.2, 0.25) is 5.02 Å². The molecule has 0 saturated carbocycles. The minimum atomic E-state index is -4.02. The molecule has 6 nitrogen and oxygen atoms in total. The first-order chi connectivity index (χ1) is 13.1. The van der Waals surface area contributed by atoms with Crippen LogP contribution in [0.15, 0.2) is 41.3 Å². The highest BCUT2D eigenvalue weighted by Crippen LogP contribution is 2.42. The van der Waals surface area contributed by atoms with E-state index in [9.17, 15) is 8.42 Å². The molecule has 0 spiro atoms. The molecule has 0 saturated heterocycles. The van der Waals surface area contributed by atoms with Crippen molar-refractivity contribution >= 4 is 33.1 Å². The van der Waals surface area contributed by atoms with Gasteiger partial charge in [-0.1, -0.05) is 29.3 Å². The second-order valence-electron chi connectivity index (χ2n) is 6.42. The molecule has 1 aliphatic rings. The topological polar surface area (TPSA) is 84.6 Å². The van der Waals surface area contributed by atoms with Crippen LogP contribution >= 0.6 is 11.6 Å². The van der Waals surface area contributed by atoms with Gasteiger partial charge in [0.2, 0.25) is 0 Å². The quantitative estimate of drug-likeness (QED) is 0.736. The summed E-state index contributed by atoms with van der Waals surface area (Å²) in [7, 11) is -4.02. The van der Waals surface area contributed by atoms with Gasteiger partial charge in [-0.05, 0) is 52.0 Å². The van der Waals surface area contributed by atoms with Crippen LogP contribution < -0.4 is 9.80 Å². The predicted octanol–water partition coefficient (Wildman–Crippen LogP) is 4.47. The summed E-state index contributed by atoms with van der Waals surface area (Å²) in [5.41, 5.74) is 3.75. The maximum absolute atomic E-state index is 10.5. The lowest BCUT2D eigenvalue weighted by Gasteiger charge is -2.28. The van der Waals surface area contributed by atoms with Gasteiger partial charge in [-0.25, -0.2) is 0 Å². The normalized spacial score (nSPS) is 15.5. The molecular formula is C20H24ClN3O3S. The standard InChI is InChI=1S/C13H16ClN3.C7H8O3S/c1-4-16-9(3)17(5-2)13-7-11(14)10(8-15)6-12(13)16;1-6-2-4-7(5-3-6)11(8,9)10/h6-7,9H,4-5H2,1-3H3;2-5H,1H3,(H,8,9,10). The number of nitrogens with zero attached hydrogens (tertiary/aromatic N) is 3. The van der Waals surface area contributed by atoms with Gasteiger partial charge in [0.05, 0.1) is 33.0 Å². The molecule has 0 fully saturated rings. The SMILES string of the molecule is CCN1c2cc(Cl)c(C#N)cc2N(CC)C1C.Cc1ccc(S(=O)(=O)O)cc1. The third-order valence-electron chi connectivity index (χ3n) is 4.71. The van der Waals surface area contributed by atoms with Crippen molar-refractivity contribution in [2.75, 3.05) is 22.9 Å². The number of fused-ring (bicyclic) bond motifs is 1. The number of hydrogen-bond donors (Lipinski definition) is 1. The third-order valence-corrected chi connectivity index (χ3v) is 5.89. The Hall–Kier alpha value is -2.27. The molecule has 0 amide bonds. The van der Waals surface area contributed by atoms with Gasteiger partial charge in [0.1, 0.15) is 6.07 Å². The summed E-state index contributed by atoms with van der Waals surface area (Å²) >= 11 is 6.10. The number of nitriles is 1. The first-order valence-electron chi connectivity index (χ1n) is 8.95. The molecule has 1 N–H and O–H groups in total. The van der Waals surface area contributed by atoms with Crippen LogP contribution in [0.3, 0.4) is 0 Å². The van der Waals surface area contributed by atoms with Crippen molar-refractivity contribution in [2.45, 2.75) is 38.8 Å². The summed E-state index contributed by atoms with van der Waals surface area (Å²) in [6, 6.07) is 11.9. The summed E-state index contributed by atoms with van der Waals surface area (Å²) < 4.78 is 29.6. The maximum atomic E-state index is 10.5. The highest BCUT2D eigenvalue weighted by molar-refractivity contribution is 7.85. The highest BCUT2D eigenvalue weighted by atomic mass is 35.5.